The summed E-state index contributed by atoms with van der Waals surface area (Å²) in [5, 5.41) is 3.31. The van der Waals surface area contributed by atoms with Crippen LogP contribution in [0.25, 0.3) is 10.2 Å². The molecule has 156 valence electrons. The number of anilines is 1. The molecule has 2 fully saturated rings. The summed E-state index contributed by atoms with van der Waals surface area (Å²) in [5.74, 6) is -0.401. The van der Waals surface area contributed by atoms with E-state index in [1.54, 1.807) is 6.07 Å². The van der Waals surface area contributed by atoms with Gasteiger partial charge in [-0.05, 0) is 44.5 Å². The minimum absolute atomic E-state index is 0.0810. The monoisotopic (exact) mass is 420 g/mol. The van der Waals surface area contributed by atoms with Crippen molar-refractivity contribution in [3.8, 4) is 0 Å². The van der Waals surface area contributed by atoms with Crippen LogP contribution in [0.4, 0.5) is 9.52 Å². The number of piperidine rings is 1. The first-order chi connectivity index (χ1) is 14.0. The van der Waals surface area contributed by atoms with E-state index in [0.29, 0.717) is 48.2 Å². The van der Waals surface area contributed by atoms with Crippen LogP contribution in [0.5, 0.6) is 0 Å². The van der Waals surface area contributed by atoms with Gasteiger partial charge in [0.15, 0.2) is 5.13 Å². The molecule has 9 heteroatoms. The topological polar surface area (TPSA) is 74.8 Å². The highest BCUT2D eigenvalue weighted by Gasteiger charge is 2.33. The highest BCUT2D eigenvalue weighted by atomic mass is 32.1. The number of nitrogens with one attached hydrogen (secondary N) is 1. The van der Waals surface area contributed by atoms with Crippen molar-refractivity contribution in [1.82, 2.24) is 14.8 Å². The number of carbonyl (C=O) groups is 2. The lowest BCUT2D eigenvalue weighted by molar-refractivity contribution is -0.142. The molecule has 2 amide bonds. The number of rotatable bonds is 4. The fraction of sp³-hybridized carbons (Fsp3) is 0.550. The number of amides is 2. The predicted octanol–water partition coefficient (Wildman–Crippen LogP) is 2.33. The number of hydrogen-bond donors (Lipinski definition) is 1. The minimum Gasteiger partial charge on any atom is -0.378 e. The van der Waals surface area contributed by atoms with Crippen molar-refractivity contribution in [2.24, 2.45) is 5.92 Å². The number of morpholine rings is 1. The van der Waals surface area contributed by atoms with Gasteiger partial charge in [0, 0.05) is 19.6 Å². The molecule has 4 rings (SSSR count). The Morgan fingerprint density at radius 2 is 2.10 bits per heavy atom. The van der Waals surface area contributed by atoms with Crippen LogP contribution in [-0.4, -0.2) is 72.0 Å². The molecule has 1 aromatic carbocycles. The smallest absolute Gasteiger partial charge is 0.243 e. The summed E-state index contributed by atoms with van der Waals surface area (Å²) < 4.78 is 19.4. The molecule has 0 bridgehead atoms. The zero-order valence-corrected chi connectivity index (χ0v) is 17.2. The number of ether oxygens (including phenoxy) is 1. The van der Waals surface area contributed by atoms with Crippen molar-refractivity contribution in [2.75, 3.05) is 44.7 Å². The SMILES string of the molecule is CC(C(=O)Nc1nc2ccc(F)cc2s1)N1CCCC(C(=O)N2CCOCC2)C1. The Hall–Kier alpha value is -2.10. The molecular weight excluding hydrogens is 395 g/mol. The fourth-order valence-electron chi connectivity index (χ4n) is 3.93. The van der Waals surface area contributed by atoms with E-state index < -0.39 is 0 Å². The van der Waals surface area contributed by atoms with E-state index in [1.165, 1.54) is 23.5 Å². The van der Waals surface area contributed by atoms with E-state index in [2.05, 4.69) is 15.2 Å². The van der Waals surface area contributed by atoms with Gasteiger partial charge in [-0.2, -0.15) is 0 Å². The van der Waals surface area contributed by atoms with Gasteiger partial charge in [0.25, 0.3) is 0 Å². The van der Waals surface area contributed by atoms with Crippen molar-refractivity contribution < 1.29 is 18.7 Å². The van der Waals surface area contributed by atoms with Gasteiger partial charge in [-0.1, -0.05) is 11.3 Å². The summed E-state index contributed by atoms with van der Waals surface area (Å²) in [5.41, 5.74) is 0.661. The van der Waals surface area contributed by atoms with Crippen LogP contribution in [0.2, 0.25) is 0 Å². The zero-order chi connectivity index (χ0) is 20.4. The molecule has 2 saturated heterocycles. The molecule has 2 aliphatic rings. The average Bonchev–Trinajstić information content (AvgIpc) is 3.14. The zero-order valence-electron chi connectivity index (χ0n) is 16.4. The number of thiazole rings is 1. The van der Waals surface area contributed by atoms with Crippen LogP contribution in [0.15, 0.2) is 18.2 Å². The first kappa shape index (κ1) is 20.2. The van der Waals surface area contributed by atoms with Crippen LogP contribution in [0, 0.1) is 11.7 Å². The van der Waals surface area contributed by atoms with E-state index in [9.17, 15) is 14.0 Å². The molecule has 2 aliphatic heterocycles. The molecular formula is C20H25FN4O3S. The van der Waals surface area contributed by atoms with Gasteiger partial charge < -0.3 is 15.0 Å². The maximum Gasteiger partial charge on any atom is 0.243 e. The van der Waals surface area contributed by atoms with E-state index in [4.69, 9.17) is 4.74 Å². The summed E-state index contributed by atoms with van der Waals surface area (Å²) in [6.45, 7) is 5.68. The van der Waals surface area contributed by atoms with Gasteiger partial charge in [0.1, 0.15) is 5.82 Å². The molecule has 2 unspecified atom stereocenters. The Morgan fingerprint density at radius 3 is 2.90 bits per heavy atom. The molecule has 0 aliphatic carbocycles. The molecule has 0 spiro atoms. The van der Waals surface area contributed by atoms with Crippen LogP contribution in [-0.2, 0) is 14.3 Å². The quantitative estimate of drug-likeness (QED) is 0.822. The van der Waals surface area contributed by atoms with Crippen molar-refractivity contribution >= 4 is 38.5 Å². The number of hydrogen-bond acceptors (Lipinski definition) is 6. The third kappa shape index (κ3) is 4.57. The molecule has 1 N–H and O–H groups in total. The second kappa shape index (κ2) is 8.73. The number of fused-ring (bicyclic) bond motifs is 1. The number of aromatic nitrogens is 1. The standard InChI is InChI=1S/C20H25FN4O3S/c1-13(18(26)23-20-22-16-5-4-15(21)11-17(16)29-20)25-6-2-3-14(12-25)19(27)24-7-9-28-10-8-24/h4-5,11,13-14H,2-3,6-10,12H2,1H3,(H,22,23,26). The Kier molecular flexibility index (Phi) is 6.07. The lowest BCUT2D eigenvalue weighted by Crippen LogP contribution is -2.52. The lowest BCUT2D eigenvalue weighted by atomic mass is 9.95. The van der Waals surface area contributed by atoms with Gasteiger partial charge in [0.2, 0.25) is 11.8 Å². The molecule has 7 nitrogen and oxygen atoms in total. The number of halogens is 1. The predicted molar refractivity (Wildman–Crippen MR) is 109 cm³/mol. The van der Waals surface area contributed by atoms with Gasteiger partial charge >= 0.3 is 0 Å². The molecule has 29 heavy (non-hydrogen) atoms. The lowest BCUT2D eigenvalue weighted by Gasteiger charge is -2.38. The summed E-state index contributed by atoms with van der Waals surface area (Å²) in [6.07, 6.45) is 1.74. The van der Waals surface area contributed by atoms with Crippen molar-refractivity contribution in [3.63, 3.8) is 0 Å². The highest BCUT2D eigenvalue weighted by Crippen LogP contribution is 2.27. The summed E-state index contributed by atoms with van der Waals surface area (Å²) >= 11 is 1.25. The van der Waals surface area contributed by atoms with E-state index >= 15 is 0 Å². The van der Waals surface area contributed by atoms with Crippen LogP contribution >= 0.6 is 11.3 Å². The van der Waals surface area contributed by atoms with E-state index in [0.717, 1.165) is 19.4 Å². The number of benzene rings is 1. The number of nitrogens with zero attached hydrogens (tertiary/aromatic N) is 3. The highest BCUT2D eigenvalue weighted by molar-refractivity contribution is 7.22. The maximum atomic E-state index is 13.4. The van der Waals surface area contributed by atoms with E-state index in [1.807, 2.05) is 11.8 Å². The molecule has 2 aromatic rings. The normalized spacial score (nSPS) is 21.9. The second-order valence-electron chi connectivity index (χ2n) is 7.57. The third-order valence-electron chi connectivity index (χ3n) is 5.63. The molecule has 0 saturated carbocycles. The molecule has 1 aromatic heterocycles. The molecule has 3 heterocycles. The Bertz CT molecular complexity index is 899. The number of likely N-dealkylation sites (tertiary alicyclic amines) is 1. The number of carbonyl (C=O) groups excluding carboxylic acids is 2. The van der Waals surface area contributed by atoms with Gasteiger partial charge in [-0.25, -0.2) is 9.37 Å². The molecule has 2 atom stereocenters. The van der Waals surface area contributed by atoms with Gasteiger partial charge in [-0.15, -0.1) is 0 Å². The first-order valence-corrected chi connectivity index (χ1v) is 10.8. The summed E-state index contributed by atoms with van der Waals surface area (Å²) in [6, 6.07) is 4.00. The van der Waals surface area contributed by atoms with Gasteiger partial charge in [0.05, 0.1) is 35.4 Å². The Balaban J connectivity index is 1.37. The molecule has 0 radical (unpaired) electrons. The van der Waals surface area contributed by atoms with Crippen LogP contribution < -0.4 is 5.32 Å². The average molecular weight is 421 g/mol. The van der Waals surface area contributed by atoms with E-state index in [-0.39, 0.29) is 29.6 Å². The van der Waals surface area contributed by atoms with Crippen LogP contribution in [0.1, 0.15) is 19.8 Å². The fourth-order valence-corrected chi connectivity index (χ4v) is 4.82. The second-order valence-corrected chi connectivity index (χ2v) is 8.60. The summed E-state index contributed by atoms with van der Waals surface area (Å²) in [7, 11) is 0. The van der Waals surface area contributed by atoms with Crippen molar-refractivity contribution in [2.45, 2.75) is 25.8 Å². The third-order valence-corrected chi connectivity index (χ3v) is 6.57. The first-order valence-electron chi connectivity index (χ1n) is 9.99. The Labute approximate surface area is 172 Å². The van der Waals surface area contributed by atoms with Gasteiger partial charge in [-0.3, -0.25) is 14.5 Å². The largest absolute Gasteiger partial charge is 0.378 e. The van der Waals surface area contributed by atoms with Crippen molar-refractivity contribution in [3.05, 3.63) is 24.0 Å². The minimum atomic E-state index is -0.376. The maximum absolute atomic E-state index is 13.4. The van der Waals surface area contributed by atoms with Crippen molar-refractivity contribution in [1.29, 1.82) is 0 Å². The van der Waals surface area contributed by atoms with Crippen LogP contribution in [0.3, 0.4) is 0 Å². The summed E-state index contributed by atoms with van der Waals surface area (Å²) in [4.78, 5) is 33.9. The Morgan fingerprint density at radius 1 is 1.31 bits per heavy atom.